The second kappa shape index (κ2) is 6.75. The first-order valence-electron chi connectivity index (χ1n) is 3.23. The van der Waals surface area contributed by atoms with Gasteiger partial charge < -0.3 is 5.26 Å². The number of hydrogen-bond donors (Lipinski definition) is 0. The molecule has 14 heavy (non-hydrogen) atoms. The molecule has 1 heterocycles. The van der Waals surface area contributed by atoms with E-state index in [9.17, 15) is 14.8 Å². The van der Waals surface area contributed by atoms with Crippen molar-refractivity contribution in [1.29, 1.82) is 0 Å². The quantitative estimate of drug-likeness (QED) is 0.158. The molecule has 2 amide bonds. The second-order valence-corrected chi connectivity index (χ2v) is 3.03. The Hall–Kier alpha value is 0.330. The summed E-state index contributed by atoms with van der Waals surface area (Å²) < 4.78 is 3.93. The van der Waals surface area contributed by atoms with Gasteiger partial charge >= 0.3 is 29.6 Å². The first-order chi connectivity index (χ1) is 6.20. The summed E-state index contributed by atoms with van der Waals surface area (Å²) in [5.74, 6) is -1.03. The summed E-state index contributed by atoms with van der Waals surface area (Å²) in [4.78, 5) is 26.6. The van der Waals surface area contributed by atoms with Crippen molar-refractivity contribution in [2.45, 2.75) is 11.7 Å². The van der Waals surface area contributed by atoms with E-state index in [1.165, 1.54) is 7.11 Å². The van der Waals surface area contributed by atoms with Crippen molar-refractivity contribution in [1.82, 2.24) is 5.06 Å². The predicted molar refractivity (Wildman–Crippen MR) is 37.0 cm³/mol. The van der Waals surface area contributed by atoms with Crippen LogP contribution in [0.15, 0.2) is 0 Å². The van der Waals surface area contributed by atoms with E-state index in [2.05, 4.69) is 14.2 Å². The molecule has 1 atom stereocenters. The monoisotopic (exact) mass is 231 g/mol. The summed E-state index contributed by atoms with van der Waals surface area (Å²) in [5.41, 5.74) is 0. The van der Waals surface area contributed by atoms with Gasteiger partial charge in [0.25, 0.3) is 11.8 Å². The van der Waals surface area contributed by atoms with Crippen LogP contribution in [0.1, 0.15) is 6.42 Å². The van der Waals surface area contributed by atoms with Gasteiger partial charge in [-0.2, -0.15) is 9.40 Å². The Morgan fingerprint density at radius 2 is 2.21 bits per heavy atom. The summed E-state index contributed by atoms with van der Waals surface area (Å²) in [5, 5.41) is 12.3. The number of rotatable bonds is 4. The predicted octanol–water partition coefficient (Wildman–Crippen LogP) is -4.45. The third kappa shape index (κ3) is 3.17. The molecule has 0 saturated carbocycles. The van der Waals surface area contributed by atoms with E-state index in [4.69, 9.17) is 0 Å². The van der Waals surface area contributed by atoms with Crippen LogP contribution < -0.4 is 34.8 Å². The molecular formula is C5H6NNaO6S. The Bertz CT molecular complexity index is 226. The van der Waals surface area contributed by atoms with Crippen molar-refractivity contribution < 1.29 is 58.6 Å². The molecule has 0 spiro atoms. The maximum Gasteiger partial charge on any atom is 1.00 e. The third-order valence-electron chi connectivity index (χ3n) is 1.43. The minimum Gasteiger partial charge on any atom is -0.691 e. The van der Waals surface area contributed by atoms with E-state index >= 15 is 0 Å². The van der Waals surface area contributed by atoms with E-state index < -0.39 is 17.1 Å². The average molecular weight is 231 g/mol. The average Bonchev–Trinajstić information content (AvgIpc) is 2.38. The van der Waals surface area contributed by atoms with Gasteiger partial charge in [-0.1, -0.05) is 0 Å². The summed E-state index contributed by atoms with van der Waals surface area (Å²) in [6.45, 7) is 0. The van der Waals surface area contributed by atoms with Crippen LogP contribution >= 0.6 is 12.0 Å². The number of amides is 2. The molecule has 0 bridgehead atoms. The fourth-order valence-electron chi connectivity index (χ4n) is 0.913. The minimum absolute atomic E-state index is 0. The van der Waals surface area contributed by atoms with Crippen LogP contribution in [-0.2, 0) is 23.8 Å². The summed E-state index contributed by atoms with van der Waals surface area (Å²) >= 11 is 0.488. The normalized spacial score (nSPS) is 21.3. The van der Waals surface area contributed by atoms with Crippen LogP contribution in [0, 0.1) is 0 Å². The molecule has 1 saturated heterocycles. The fourth-order valence-corrected chi connectivity index (χ4v) is 1.43. The molecule has 1 aliphatic heterocycles. The van der Waals surface area contributed by atoms with E-state index in [1.807, 2.05) is 0 Å². The van der Waals surface area contributed by atoms with Gasteiger partial charge in [0.1, 0.15) is 5.25 Å². The third-order valence-corrected chi connectivity index (χ3v) is 2.16. The number of carbonyl (C=O) groups excluding carboxylic acids is 2. The Morgan fingerprint density at radius 3 is 2.64 bits per heavy atom. The van der Waals surface area contributed by atoms with Gasteiger partial charge in [0, 0.05) is 12.0 Å². The molecule has 0 N–H and O–H groups in total. The van der Waals surface area contributed by atoms with Crippen molar-refractivity contribution in [3.8, 4) is 0 Å². The molecule has 74 valence electrons. The molecule has 1 fully saturated rings. The zero-order chi connectivity index (χ0) is 9.84. The number of imide groups is 1. The number of hydroxylamine groups is 2. The Labute approximate surface area is 106 Å². The van der Waals surface area contributed by atoms with Gasteiger partial charge in [0.15, 0.2) is 0 Å². The van der Waals surface area contributed by atoms with E-state index in [0.717, 1.165) is 0 Å². The van der Waals surface area contributed by atoms with E-state index in [-0.39, 0.29) is 36.0 Å². The summed E-state index contributed by atoms with van der Waals surface area (Å²) in [6.07, 6.45) is -0.0688. The standard InChI is InChI=1S/C5H7NO6S.Na/c1-10-6-4(7)2-3(5(6)8)13-12-11-9;/h3,9H,2H2,1H3;/q;+1/p-1. The number of hydrogen-bond acceptors (Lipinski definition) is 7. The van der Waals surface area contributed by atoms with Crippen LogP contribution in [0.2, 0.25) is 0 Å². The van der Waals surface area contributed by atoms with Crippen LogP contribution in [-0.4, -0.2) is 29.2 Å². The van der Waals surface area contributed by atoms with Crippen molar-refractivity contribution in [2.75, 3.05) is 7.11 Å². The topological polar surface area (TPSA) is 88.1 Å². The first-order valence-corrected chi connectivity index (χ1v) is 4.04. The van der Waals surface area contributed by atoms with Gasteiger partial charge in [-0.05, 0) is 0 Å². The largest absolute Gasteiger partial charge is 1.00 e. The minimum atomic E-state index is -0.776. The first kappa shape index (κ1) is 14.3. The summed E-state index contributed by atoms with van der Waals surface area (Å²) in [6, 6.07) is 0. The molecule has 1 aliphatic rings. The molecule has 0 aliphatic carbocycles. The zero-order valence-corrected chi connectivity index (χ0v) is 10.4. The molecule has 0 aromatic rings. The molecule has 9 heteroatoms. The maximum absolute atomic E-state index is 11.2. The molecule has 0 radical (unpaired) electrons. The van der Waals surface area contributed by atoms with Crippen LogP contribution in [0.4, 0.5) is 0 Å². The van der Waals surface area contributed by atoms with Crippen molar-refractivity contribution in [3.05, 3.63) is 0 Å². The van der Waals surface area contributed by atoms with Crippen LogP contribution in [0.25, 0.3) is 0 Å². The van der Waals surface area contributed by atoms with Crippen LogP contribution in [0.3, 0.4) is 0 Å². The molecule has 1 rings (SSSR count). The zero-order valence-electron chi connectivity index (χ0n) is 7.59. The van der Waals surface area contributed by atoms with Gasteiger partial charge in [0.05, 0.1) is 13.5 Å². The Morgan fingerprint density at radius 1 is 1.57 bits per heavy atom. The molecule has 1 unspecified atom stereocenters. The van der Waals surface area contributed by atoms with Gasteiger partial charge in [-0.3, -0.25) is 19.5 Å². The SMILES string of the molecule is CON1C(=O)CC(SOO[O-])C1=O.[Na+]. The van der Waals surface area contributed by atoms with Gasteiger partial charge in [-0.15, -0.1) is 0 Å². The smallest absolute Gasteiger partial charge is 0.691 e. The summed E-state index contributed by atoms with van der Waals surface area (Å²) in [7, 11) is 1.20. The second-order valence-electron chi connectivity index (χ2n) is 2.13. The van der Waals surface area contributed by atoms with Gasteiger partial charge in [0.2, 0.25) is 0 Å². The molecular weight excluding hydrogens is 225 g/mol. The van der Waals surface area contributed by atoms with Crippen LogP contribution in [0.5, 0.6) is 0 Å². The van der Waals surface area contributed by atoms with E-state index in [0.29, 0.717) is 17.1 Å². The van der Waals surface area contributed by atoms with Crippen molar-refractivity contribution in [2.24, 2.45) is 0 Å². The van der Waals surface area contributed by atoms with Crippen molar-refractivity contribution in [3.63, 3.8) is 0 Å². The number of nitrogens with zero attached hydrogens (tertiary/aromatic N) is 1. The molecule has 7 nitrogen and oxygen atoms in total. The van der Waals surface area contributed by atoms with Crippen molar-refractivity contribution >= 4 is 23.9 Å². The van der Waals surface area contributed by atoms with Gasteiger partial charge in [-0.25, -0.2) is 0 Å². The number of carbonyl (C=O) groups is 2. The fraction of sp³-hybridized carbons (Fsp3) is 0.600. The molecule has 0 aromatic carbocycles. The Kier molecular flexibility index (Phi) is 6.91. The van der Waals surface area contributed by atoms with E-state index in [1.54, 1.807) is 0 Å². The maximum atomic E-state index is 11.2. The Balaban J connectivity index is 0.00000169. The molecule has 0 aromatic heterocycles.